The van der Waals surface area contributed by atoms with E-state index >= 15 is 0 Å². The minimum Gasteiger partial charge on any atom is -0.462 e. The van der Waals surface area contributed by atoms with Gasteiger partial charge in [-0.05, 0) is 89.9 Å². The second-order valence-corrected chi connectivity index (χ2v) is 16.1. The highest BCUT2D eigenvalue weighted by Gasteiger charge is 2.27. The zero-order valence-corrected chi connectivity index (χ0v) is 35.6. The summed E-state index contributed by atoms with van der Waals surface area (Å²) in [5.41, 5.74) is 0. The Morgan fingerprint density at radius 2 is 0.981 bits per heavy atom. The van der Waals surface area contributed by atoms with Crippen LogP contribution in [0.2, 0.25) is 0 Å². The van der Waals surface area contributed by atoms with Crippen molar-refractivity contribution in [3.05, 3.63) is 72.9 Å². The lowest BCUT2D eigenvalue weighted by atomic mass is 10.1. The average molecular weight is 779 g/mol. The van der Waals surface area contributed by atoms with Crippen molar-refractivity contribution in [1.82, 2.24) is 0 Å². The first-order valence-corrected chi connectivity index (χ1v) is 22.2. The van der Waals surface area contributed by atoms with E-state index in [-0.39, 0.29) is 26.1 Å². The maximum absolute atomic E-state index is 12.6. The van der Waals surface area contributed by atoms with Crippen molar-refractivity contribution < 1.29 is 42.1 Å². The number of rotatable bonds is 36. The van der Waals surface area contributed by atoms with E-state index in [0.29, 0.717) is 23.9 Å². The smallest absolute Gasteiger partial charge is 0.462 e. The Morgan fingerprint density at radius 1 is 0.574 bits per heavy atom. The molecule has 54 heavy (non-hydrogen) atoms. The van der Waals surface area contributed by atoms with Gasteiger partial charge >= 0.3 is 19.8 Å². The number of likely N-dealkylation sites (N-methyl/N-ethyl adjacent to an activating group) is 1. The van der Waals surface area contributed by atoms with Gasteiger partial charge in [0.15, 0.2) is 6.10 Å². The van der Waals surface area contributed by atoms with Gasteiger partial charge in [0.05, 0.1) is 27.7 Å². The molecule has 0 saturated carbocycles. The van der Waals surface area contributed by atoms with Crippen molar-refractivity contribution in [3.8, 4) is 0 Å². The van der Waals surface area contributed by atoms with E-state index in [0.717, 1.165) is 64.2 Å². The summed E-state index contributed by atoms with van der Waals surface area (Å²) >= 11 is 0. The van der Waals surface area contributed by atoms with Crippen molar-refractivity contribution in [3.63, 3.8) is 0 Å². The molecule has 10 heteroatoms. The molecule has 1 N–H and O–H groups in total. The van der Waals surface area contributed by atoms with Crippen molar-refractivity contribution in [2.75, 3.05) is 47.5 Å². The predicted octanol–water partition coefficient (Wildman–Crippen LogP) is 11.5. The van der Waals surface area contributed by atoms with Gasteiger partial charge in [-0.25, -0.2) is 4.57 Å². The summed E-state index contributed by atoms with van der Waals surface area (Å²) in [4.78, 5) is 35.2. The molecule has 0 fully saturated rings. The fraction of sp³-hybridized carbons (Fsp3) is 0.682. The number of ether oxygens (including phenoxy) is 2. The van der Waals surface area contributed by atoms with Crippen LogP contribution in [-0.4, -0.2) is 74.9 Å². The molecule has 0 spiro atoms. The number of phosphoric acid groups is 1. The molecule has 0 amide bonds. The third kappa shape index (κ3) is 39.2. The maximum Gasteiger partial charge on any atom is 0.472 e. The van der Waals surface area contributed by atoms with Gasteiger partial charge in [-0.2, -0.15) is 0 Å². The zero-order chi connectivity index (χ0) is 40.0. The summed E-state index contributed by atoms with van der Waals surface area (Å²) in [6.45, 7) is 4.24. The van der Waals surface area contributed by atoms with E-state index in [1.165, 1.54) is 38.5 Å². The van der Waals surface area contributed by atoms with Crippen LogP contribution in [0.3, 0.4) is 0 Å². The van der Waals surface area contributed by atoms with Crippen LogP contribution in [0, 0.1) is 0 Å². The number of carbonyl (C=O) groups is 2. The minimum atomic E-state index is -4.39. The molecule has 0 radical (unpaired) electrons. The van der Waals surface area contributed by atoms with Gasteiger partial charge in [-0.1, -0.05) is 112 Å². The standard InChI is InChI=1S/C44H76NO8P/c1-6-8-10-12-14-16-18-20-22-24-26-28-30-32-34-36-43(46)50-40-42(41-52-54(48,49)51-39-38-45(3,4)5)53-44(47)37-35-33-31-29-27-25-23-21-19-17-15-13-11-9-7-2/h14-17,20-23,26-29,42H,6-13,18-19,24-25,30-41H2,1-5H3/p+1/b16-14-,17-15-,22-20-,23-21-,28-26-,29-27-. The summed E-state index contributed by atoms with van der Waals surface area (Å²) in [6, 6.07) is 0. The number of nitrogens with zero attached hydrogens (tertiary/aromatic N) is 1. The number of hydrogen-bond acceptors (Lipinski definition) is 7. The largest absolute Gasteiger partial charge is 0.472 e. The lowest BCUT2D eigenvalue weighted by Crippen LogP contribution is -2.37. The number of esters is 2. The summed E-state index contributed by atoms with van der Waals surface area (Å²) in [5, 5.41) is 0. The molecule has 0 aromatic rings. The van der Waals surface area contributed by atoms with E-state index in [1.807, 2.05) is 21.1 Å². The molecule has 0 aliphatic heterocycles. The Bertz CT molecular complexity index is 1150. The summed E-state index contributed by atoms with van der Waals surface area (Å²) in [7, 11) is 1.42. The summed E-state index contributed by atoms with van der Waals surface area (Å²) < 4.78 is 34.1. The fourth-order valence-corrected chi connectivity index (χ4v) is 5.65. The van der Waals surface area contributed by atoms with Crippen molar-refractivity contribution in [1.29, 1.82) is 0 Å². The molecule has 310 valence electrons. The average Bonchev–Trinajstić information content (AvgIpc) is 3.12. The molecular weight excluding hydrogens is 701 g/mol. The molecule has 0 aliphatic carbocycles. The summed E-state index contributed by atoms with van der Waals surface area (Å²) in [6.07, 6.45) is 43.8. The van der Waals surface area contributed by atoms with Gasteiger partial charge in [0.2, 0.25) is 0 Å². The molecular formula is C44H77NO8P+. The molecule has 2 unspecified atom stereocenters. The van der Waals surface area contributed by atoms with Crippen LogP contribution in [0.25, 0.3) is 0 Å². The first-order valence-electron chi connectivity index (χ1n) is 20.7. The van der Waals surface area contributed by atoms with E-state index in [9.17, 15) is 19.0 Å². The normalized spacial score (nSPS) is 14.4. The first-order chi connectivity index (χ1) is 26.0. The SMILES string of the molecule is CCCCC/C=C\C/C=C\C/C=C\CCCCC(=O)OCC(COP(=O)(O)OCC[N+](C)(C)C)OC(=O)CCCC/C=C\C/C=C\C/C=C\CCCCC. The number of hydrogen-bond donors (Lipinski definition) is 1. The second kappa shape index (κ2) is 36.1. The number of allylic oxidation sites excluding steroid dienone is 12. The van der Waals surface area contributed by atoms with Crippen molar-refractivity contribution >= 4 is 19.8 Å². The van der Waals surface area contributed by atoms with Crippen LogP contribution >= 0.6 is 7.82 Å². The fourth-order valence-electron chi connectivity index (χ4n) is 4.91. The second-order valence-electron chi connectivity index (χ2n) is 14.7. The number of phosphoric ester groups is 1. The molecule has 2 atom stereocenters. The van der Waals surface area contributed by atoms with Crippen LogP contribution in [0.1, 0.15) is 142 Å². The number of unbranched alkanes of at least 4 members (excludes halogenated alkanes) is 10. The van der Waals surface area contributed by atoms with Crippen LogP contribution in [0.5, 0.6) is 0 Å². The molecule has 0 aromatic carbocycles. The third-order valence-electron chi connectivity index (χ3n) is 8.21. The van der Waals surface area contributed by atoms with Gasteiger partial charge in [0.25, 0.3) is 0 Å². The molecule has 0 saturated heterocycles. The molecule has 9 nitrogen and oxygen atoms in total. The molecule has 0 aliphatic rings. The van der Waals surface area contributed by atoms with Crippen molar-refractivity contribution in [2.24, 2.45) is 0 Å². The van der Waals surface area contributed by atoms with Gasteiger partial charge < -0.3 is 18.9 Å². The molecule has 0 aromatic heterocycles. The zero-order valence-electron chi connectivity index (χ0n) is 34.7. The van der Waals surface area contributed by atoms with Crippen LogP contribution in [-0.2, 0) is 32.7 Å². The summed E-state index contributed by atoms with van der Waals surface area (Å²) in [5.74, 6) is -0.897. The number of quaternary nitrogens is 1. The van der Waals surface area contributed by atoms with E-state index in [1.54, 1.807) is 0 Å². The Hall–Kier alpha value is -2.55. The molecule has 0 heterocycles. The quantitative estimate of drug-likeness (QED) is 0.0220. The van der Waals surface area contributed by atoms with E-state index < -0.39 is 32.5 Å². The van der Waals surface area contributed by atoms with Gasteiger partial charge in [-0.3, -0.25) is 18.6 Å². The Labute approximate surface area is 329 Å². The van der Waals surface area contributed by atoms with Crippen LogP contribution in [0.4, 0.5) is 0 Å². The topological polar surface area (TPSA) is 108 Å². The van der Waals surface area contributed by atoms with E-state index in [2.05, 4.69) is 86.8 Å². The van der Waals surface area contributed by atoms with Gasteiger partial charge in [0, 0.05) is 12.8 Å². The number of carbonyl (C=O) groups excluding carboxylic acids is 2. The molecule has 0 rings (SSSR count). The minimum absolute atomic E-state index is 0.0146. The Balaban J connectivity index is 4.56. The first kappa shape index (κ1) is 51.5. The predicted molar refractivity (Wildman–Crippen MR) is 224 cm³/mol. The highest BCUT2D eigenvalue weighted by atomic mass is 31.2. The van der Waals surface area contributed by atoms with E-state index in [4.69, 9.17) is 18.5 Å². The maximum atomic E-state index is 12.6. The monoisotopic (exact) mass is 779 g/mol. The van der Waals surface area contributed by atoms with Gasteiger partial charge in [-0.15, -0.1) is 0 Å². The lowest BCUT2D eigenvalue weighted by molar-refractivity contribution is -0.870. The Morgan fingerprint density at radius 3 is 1.41 bits per heavy atom. The third-order valence-corrected chi connectivity index (χ3v) is 9.19. The highest BCUT2D eigenvalue weighted by Crippen LogP contribution is 2.43. The lowest BCUT2D eigenvalue weighted by Gasteiger charge is -2.24. The van der Waals surface area contributed by atoms with Gasteiger partial charge in [0.1, 0.15) is 19.8 Å². The highest BCUT2D eigenvalue weighted by molar-refractivity contribution is 7.47. The Kier molecular flexibility index (Phi) is 34.4. The van der Waals surface area contributed by atoms with Crippen LogP contribution < -0.4 is 0 Å². The van der Waals surface area contributed by atoms with Crippen LogP contribution in [0.15, 0.2) is 72.9 Å². The van der Waals surface area contributed by atoms with Crippen molar-refractivity contribution in [2.45, 2.75) is 148 Å². The molecule has 0 bridgehead atoms.